The molecule has 0 atom stereocenters. The average Bonchev–Trinajstić information content (AvgIpc) is 2.17. The lowest BCUT2D eigenvalue weighted by atomic mass is 10.2. The number of carbonyl (C=O) groups is 1. The van der Waals surface area contributed by atoms with Crippen LogP contribution in [0.1, 0.15) is 22.2 Å². The van der Waals surface area contributed by atoms with Gasteiger partial charge < -0.3 is 0 Å². The van der Waals surface area contributed by atoms with Gasteiger partial charge in [0.05, 0.1) is 8.66 Å². The van der Waals surface area contributed by atoms with Crippen molar-refractivity contribution in [3.8, 4) is 0 Å². The van der Waals surface area contributed by atoms with Crippen LogP contribution in [-0.2, 0) is 0 Å². The maximum atomic E-state index is 11.0. The van der Waals surface area contributed by atoms with E-state index in [9.17, 15) is 4.79 Å². The zero-order valence-corrected chi connectivity index (χ0v) is 10.1. The summed E-state index contributed by atoms with van der Waals surface area (Å²) in [7, 11) is 0. The van der Waals surface area contributed by atoms with Crippen LogP contribution in [0.25, 0.3) is 0 Å². The number of hydrogen-bond acceptors (Lipinski definition) is 2. The van der Waals surface area contributed by atoms with Crippen LogP contribution in [0, 0.1) is 6.92 Å². The molecule has 0 aliphatic carbocycles. The van der Waals surface area contributed by atoms with Crippen LogP contribution < -0.4 is 0 Å². The van der Waals surface area contributed by atoms with Crippen molar-refractivity contribution in [1.82, 2.24) is 0 Å². The van der Waals surface area contributed by atoms with Crippen molar-refractivity contribution in [2.75, 3.05) is 0 Å². The van der Waals surface area contributed by atoms with Crippen LogP contribution in [-0.4, -0.2) is 5.78 Å². The maximum Gasteiger partial charge on any atom is 0.170 e. The molecule has 0 saturated heterocycles. The molecule has 0 bridgehead atoms. The van der Waals surface area contributed by atoms with E-state index in [-0.39, 0.29) is 5.78 Å². The van der Waals surface area contributed by atoms with Gasteiger partial charge in [0, 0.05) is 4.47 Å². The molecule has 1 heterocycles. The summed E-state index contributed by atoms with van der Waals surface area (Å²) in [6, 6.07) is 0. The molecule has 1 aromatic rings. The molecule has 0 aromatic carbocycles. The Kier molecular flexibility index (Phi) is 2.89. The first-order valence-corrected chi connectivity index (χ1v) is 5.39. The van der Waals surface area contributed by atoms with Crippen LogP contribution in [0.5, 0.6) is 0 Å². The van der Waals surface area contributed by atoms with Crippen LogP contribution in [0.3, 0.4) is 0 Å². The average molecular weight is 298 g/mol. The van der Waals surface area contributed by atoms with Crippen molar-refractivity contribution in [3.63, 3.8) is 0 Å². The molecule has 0 radical (unpaired) electrons. The molecule has 0 unspecified atom stereocenters. The highest BCUT2D eigenvalue weighted by molar-refractivity contribution is 9.13. The van der Waals surface area contributed by atoms with E-state index in [2.05, 4.69) is 31.9 Å². The molecule has 1 nitrogen and oxygen atoms in total. The quantitative estimate of drug-likeness (QED) is 0.721. The first-order chi connectivity index (χ1) is 5.04. The summed E-state index contributed by atoms with van der Waals surface area (Å²) in [5.74, 6) is 0.124. The Bertz CT molecular complexity index is 304. The molecular formula is C7H6Br2OS. The van der Waals surface area contributed by atoms with E-state index in [1.807, 2.05) is 6.92 Å². The van der Waals surface area contributed by atoms with Crippen molar-refractivity contribution in [1.29, 1.82) is 0 Å². The Hall–Kier alpha value is 0.330. The van der Waals surface area contributed by atoms with E-state index in [0.29, 0.717) is 0 Å². The predicted molar refractivity (Wildman–Crippen MR) is 54.5 cm³/mol. The molecule has 4 heteroatoms. The second-order valence-electron chi connectivity index (χ2n) is 2.20. The van der Waals surface area contributed by atoms with E-state index >= 15 is 0 Å². The van der Waals surface area contributed by atoms with Gasteiger partial charge in [0.1, 0.15) is 0 Å². The van der Waals surface area contributed by atoms with Gasteiger partial charge in [0.25, 0.3) is 0 Å². The third-order valence-electron chi connectivity index (χ3n) is 1.35. The van der Waals surface area contributed by atoms with Gasteiger partial charge in [-0.25, -0.2) is 0 Å². The molecule has 1 rings (SSSR count). The standard InChI is InChI=1S/C7H6Br2OS/c1-3-5(8)7(9)11-6(3)4(2)10/h1-2H3. The summed E-state index contributed by atoms with van der Waals surface area (Å²) in [6.45, 7) is 3.51. The zero-order chi connectivity index (χ0) is 8.59. The fourth-order valence-corrected chi connectivity index (χ4v) is 2.97. The lowest BCUT2D eigenvalue weighted by Crippen LogP contribution is -1.88. The van der Waals surface area contributed by atoms with Gasteiger partial charge in [0.15, 0.2) is 5.78 Å². The second kappa shape index (κ2) is 3.37. The molecule has 0 aliphatic heterocycles. The van der Waals surface area contributed by atoms with Crippen molar-refractivity contribution in [2.45, 2.75) is 13.8 Å². The van der Waals surface area contributed by atoms with E-state index < -0.39 is 0 Å². The van der Waals surface area contributed by atoms with Gasteiger partial charge in [-0.3, -0.25) is 4.79 Å². The van der Waals surface area contributed by atoms with Crippen LogP contribution in [0.15, 0.2) is 8.26 Å². The first-order valence-electron chi connectivity index (χ1n) is 2.99. The second-order valence-corrected chi connectivity index (χ2v) is 5.33. The molecule has 60 valence electrons. The van der Waals surface area contributed by atoms with Gasteiger partial charge in [0.2, 0.25) is 0 Å². The van der Waals surface area contributed by atoms with Crippen LogP contribution in [0.4, 0.5) is 0 Å². The van der Waals surface area contributed by atoms with E-state index in [0.717, 1.165) is 18.7 Å². The monoisotopic (exact) mass is 296 g/mol. The normalized spacial score (nSPS) is 10.2. The molecule has 0 spiro atoms. The number of thiophene rings is 1. The summed E-state index contributed by atoms with van der Waals surface area (Å²) in [6.07, 6.45) is 0. The SMILES string of the molecule is CC(=O)c1sc(Br)c(Br)c1C. The number of hydrogen-bond donors (Lipinski definition) is 0. The molecule has 0 N–H and O–H groups in total. The van der Waals surface area contributed by atoms with Crippen LogP contribution in [0.2, 0.25) is 0 Å². The number of Topliss-reactive ketones (excluding diaryl/α,β-unsaturated/α-hetero) is 1. The summed E-state index contributed by atoms with van der Waals surface area (Å²) in [4.78, 5) is 11.8. The molecule has 11 heavy (non-hydrogen) atoms. The maximum absolute atomic E-state index is 11.0. The van der Waals surface area contributed by atoms with Gasteiger partial charge in [-0.2, -0.15) is 0 Å². The van der Waals surface area contributed by atoms with E-state index in [1.54, 1.807) is 6.92 Å². The fraction of sp³-hybridized carbons (Fsp3) is 0.286. The molecular weight excluding hydrogens is 292 g/mol. The topological polar surface area (TPSA) is 17.1 Å². The number of ketones is 1. The minimum Gasteiger partial charge on any atom is -0.294 e. The minimum absolute atomic E-state index is 0.124. The largest absolute Gasteiger partial charge is 0.294 e. The highest BCUT2D eigenvalue weighted by Gasteiger charge is 2.13. The molecule has 0 fully saturated rings. The minimum atomic E-state index is 0.124. The van der Waals surface area contributed by atoms with Gasteiger partial charge >= 0.3 is 0 Å². The lowest BCUT2D eigenvalue weighted by Gasteiger charge is -1.90. The van der Waals surface area contributed by atoms with Crippen molar-refractivity contribution >= 4 is 49.0 Å². The smallest absolute Gasteiger partial charge is 0.170 e. The van der Waals surface area contributed by atoms with Gasteiger partial charge in [-0.15, -0.1) is 11.3 Å². The van der Waals surface area contributed by atoms with Crippen LogP contribution >= 0.6 is 43.2 Å². The first kappa shape index (κ1) is 9.42. The molecule has 0 saturated carbocycles. The molecule has 0 amide bonds. The fourth-order valence-electron chi connectivity index (χ4n) is 0.794. The number of halogens is 2. The predicted octanol–water partition coefficient (Wildman–Crippen LogP) is 3.78. The van der Waals surface area contributed by atoms with Crippen molar-refractivity contribution in [3.05, 3.63) is 18.7 Å². The summed E-state index contributed by atoms with van der Waals surface area (Å²) >= 11 is 8.20. The molecule has 0 aliphatic rings. The summed E-state index contributed by atoms with van der Waals surface area (Å²) in [5, 5.41) is 0. The Morgan fingerprint density at radius 2 is 2.00 bits per heavy atom. The third kappa shape index (κ3) is 1.73. The van der Waals surface area contributed by atoms with E-state index in [4.69, 9.17) is 0 Å². The molecule has 1 aromatic heterocycles. The van der Waals surface area contributed by atoms with Crippen molar-refractivity contribution < 1.29 is 4.79 Å². The van der Waals surface area contributed by atoms with E-state index in [1.165, 1.54) is 11.3 Å². The summed E-state index contributed by atoms with van der Waals surface area (Å²) in [5.41, 5.74) is 1.02. The van der Waals surface area contributed by atoms with Gasteiger partial charge in [-0.05, 0) is 51.3 Å². The summed E-state index contributed by atoms with van der Waals surface area (Å²) < 4.78 is 1.98. The zero-order valence-electron chi connectivity index (χ0n) is 6.07. The number of carbonyl (C=O) groups excluding carboxylic acids is 1. The third-order valence-corrected chi connectivity index (χ3v) is 5.20. The number of rotatable bonds is 1. The highest BCUT2D eigenvalue weighted by atomic mass is 79.9. The van der Waals surface area contributed by atoms with Gasteiger partial charge in [-0.1, -0.05) is 0 Å². The van der Waals surface area contributed by atoms with Crippen molar-refractivity contribution in [2.24, 2.45) is 0 Å². The lowest BCUT2D eigenvalue weighted by molar-refractivity contribution is 0.102. The Morgan fingerprint density at radius 3 is 2.18 bits per heavy atom. The Labute approximate surface area is 86.1 Å². The Morgan fingerprint density at radius 1 is 1.45 bits per heavy atom. The highest BCUT2D eigenvalue weighted by Crippen LogP contribution is 2.36. The Balaban J connectivity index is 3.29.